The Morgan fingerprint density at radius 1 is 1.04 bits per heavy atom. The molecule has 0 aliphatic rings. The fourth-order valence-electron chi connectivity index (χ4n) is 2.86. The van der Waals surface area contributed by atoms with Gasteiger partial charge in [0.05, 0.1) is 0 Å². The second-order valence-corrected chi connectivity index (χ2v) is 7.08. The van der Waals surface area contributed by atoms with Crippen molar-refractivity contribution >= 4 is 11.4 Å². The van der Waals surface area contributed by atoms with Crippen LogP contribution in [-0.2, 0) is 11.2 Å². The fourth-order valence-corrected chi connectivity index (χ4v) is 2.86. The molecule has 0 aliphatic carbocycles. The molecular formula is C25H29NO. The third kappa shape index (κ3) is 5.67. The van der Waals surface area contributed by atoms with E-state index in [2.05, 4.69) is 38.3 Å². The number of Topliss-reactive ketones (excluding diaryl/α,β-unsaturated/α-hetero) is 1. The van der Waals surface area contributed by atoms with Gasteiger partial charge in [-0.05, 0) is 43.4 Å². The monoisotopic (exact) mass is 359 g/mol. The molecule has 0 aromatic heterocycles. The lowest BCUT2D eigenvalue weighted by atomic mass is 9.92. The van der Waals surface area contributed by atoms with E-state index in [9.17, 15) is 4.79 Å². The smallest absolute Gasteiger partial charge is 0.162 e. The molecule has 2 aromatic rings. The van der Waals surface area contributed by atoms with Crippen molar-refractivity contribution in [3.63, 3.8) is 0 Å². The van der Waals surface area contributed by atoms with Gasteiger partial charge in [-0.3, -0.25) is 4.79 Å². The highest BCUT2D eigenvalue weighted by Gasteiger charge is 2.15. The summed E-state index contributed by atoms with van der Waals surface area (Å²) in [6.07, 6.45) is 2.17. The fraction of sp³-hybridized carbons (Fsp3) is 0.320. The maximum Gasteiger partial charge on any atom is 0.162 e. The summed E-state index contributed by atoms with van der Waals surface area (Å²) in [5.74, 6) is 6.87. The highest BCUT2D eigenvalue weighted by molar-refractivity contribution is 6.20. The lowest BCUT2D eigenvalue weighted by molar-refractivity contribution is -0.114. The standard InChI is InChI=1S/C25H29NO/c1-5-21-10-6-7-11-22(21)15-16-23-12-8-9-13-24(23)19(3)25(27)17-14-18(2)20(4)26/h6-13,18,20H,3,5,14,17,26H2,1-2,4H3. The number of nitrogens with two attached hydrogens (primary N) is 1. The molecule has 2 atom stereocenters. The topological polar surface area (TPSA) is 43.1 Å². The van der Waals surface area contributed by atoms with Crippen molar-refractivity contribution in [1.29, 1.82) is 0 Å². The summed E-state index contributed by atoms with van der Waals surface area (Å²) in [5.41, 5.74) is 10.3. The molecule has 2 heteroatoms. The van der Waals surface area contributed by atoms with Crippen LogP contribution in [0.2, 0.25) is 0 Å². The van der Waals surface area contributed by atoms with Crippen molar-refractivity contribution in [3.8, 4) is 11.8 Å². The summed E-state index contributed by atoms with van der Waals surface area (Å²) in [5, 5.41) is 0. The average molecular weight is 360 g/mol. The first kappa shape index (κ1) is 20.7. The SMILES string of the molecule is C=C(C(=O)CCC(C)C(C)N)c1ccccc1C#Cc1ccccc1CC. The van der Waals surface area contributed by atoms with Gasteiger partial charge in [0, 0.05) is 34.7 Å². The molecule has 0 saturated carbocycles. The van der Waals surface area contributed by atoms with E-state index in [4.69, 9.17) is 5.73 Å². The van der Waals surface area contributed by atoms with Crippen molar-refractivity contribution in [3.05, 3.63) is 77.4 Å². The van der Waals surface area contributed by atoms with Gasteiger partial charge < -0.3 is 5.73 Å². The van der Waals surface area contributed by atoms with E-state index < -0.39 is 0 Å². The van der Waals surface area contributed by atoms with Crippen LogP contribution >= 0.6 is 0 Å². The number of rotatable bonds is 7. The Morgan fingerprint density at radius 2 is 1.63 bits per heavy atom. The molecule has 2 nitrogen and oxygen atoms in total. The Morgan fingerprint density at radius 3 is 2.30 bits per heavy atom. The van der Waals surface area contributed by atoms with Gasteiger partial charge in [-0.25, -0.2) is 0 Å². The van der Waals surface area contributed by atoms with E-state index in [1.165, 1.54) is 5.56 Å². The Bertz CT molecular complexity index is 867. The second-order valence-electron chi connectivity index (χ2n) is 7.08. The number of ketones is 1. The van der Waals surface area contributed by atoms with Crippen LogP contribution in [0.15, 0.2) is 55.1 Å². The predicted octanol–water partition coefficient (Wildman–Crippen LogP) is 4.99. The summed E-state index contributed by atoms with van der Waals surface area (Å²) >= 11 is 0. The zero-order valence-corrected chi connectivity index (χ0v) is 16.6. The lowest BCUT2D eigenvalue weighted by Crippen LogP contribution is -2.24. The molecular weight excluding hydrogens is 330 g/mol. The lowest BCUT2D eigenvalue weighted by Gasteiger charge is -2.15. The van der Waals surface area contributed by atoms with Gasteiger partial charge in [-0.15, -0.1) is 0 Å². The van der Waals surface area contributed by atoms with Gasteiger partial charge in [-0.2, -0.15) is 0 Å². The van der Waals surface area contributed by atoms with Crippen LogP contribution in [-0.4, -0.2) is 11.8 Å². The molecule has 0 fully saturated rings. The van der Waals surface area contributed by atoms with Crippen LogP contribution in [0.25, 0.3) is 5.57 Å². The molecule has 2 aromatic carbocycles. The summed E-state index contributed by atoms with van der Waals surface area (Å²) in [7, 11) is 0. The zero-order valence-electron chi connectivity index (χ0n) is 16.6. The molecule has 0 aliphatic heterocycles. The van der Waals surface area contributed by atoms with Crippen molar-refractivity contribution in [2.45, 2.75) is 46.1 Å². The summed E-state index contributed by atoms with van der Waals surface area (Å²) < 4.78 is 0. The maximum absolute atomic E-state index is 12.6. The first-order chi connectivity index (χ1) is 12.9. The third-order valence-electron chi connectivity index (χ3n) is 5.04. The Hall–Kier alpha value is -2.63. The molecule has 0 radical (unpaired) electrons. The Labute approximate surface area is 163 Å². The minimum absolute atomic E-state index is 0.0608. The molecule has 0 heterocycles. The van der Waals surface area contributed by atoms with Gasteiger partial charge in [0.25, 0.3) is 0 Å². The van der Waals surface area contributed by atoms with E-state index in [-0.39, 0.29) is 11.8 Å². The quantitative estimate of drug-likeness (QED) is 0.559. The van der Waals surface area contributed by atoms with Crippen LogP contribution in [0.4, 0.5) is 0 Å². The van der Waals surface area contributed by atoms with E-state index in [1.807, 2.05) is 49.4 Å². The van der Waals surface area contributed by atoms with Crippen molar-refractivity contribution in [2.75, 3.05) is 0 Å². The minimum atomic E-state index is 0.0608. The molecule has 2 N–H and O–H groups in total. The van der Waals surface area contributed by atoms with E-state index in [0.29, 0.717) is 17.9 Å². The number of carbonyl (C=O) groups is 1. The van der Waals surface area contributed by atoms with Gasteiger partial charge in [0.15, 0.2) is 5.78 Å². The highest BCUT2D eigenvalue weighted by Crippen LogP contribution is 2.21. The van der Waals surface area contributed by atoms with Crippen molar-refractivity contribution < 1.29 is 4.79 Å². The summed E-state index contributed by atoms with van der Waals surface area (Å²) in [4.78, 5) is 12.6. The third-order valence-corrected chi connectivity index (χ3v) is 5.04. The minimum Gasteiger partial charge on any atom is -0.328 e. The molecule has 140 valence electrons. The van der Waals surface area contributed by atoms with Gasteiger partial charge in [0.1, 0.15) is 0 Å². The van der Waals surface area contributed by atoms with Gasteiger partial charge in [-0.1, -0.05) is 68.7 Å². The molecule has 2 rings (SSSR count). The zero-order chi connectivity index (χ0) is 19.8. The van der Waals surface area contributed by atoms with E-state index >= 15 is 0 Å². The van der Waals surface area contributed by atoms with Crippen LogP contribution in [0.5, 0.6) is 0 Å². The largest absolute Gasteiger partial charge is 0.328 e. The van der Waals surface area contributed by atoms with E-state index in [1.54, 1.807) is 0 Å². The van der Waals surface area contributed by atoms with Crippen LogP contribution in [0.1, 0.15) is 55.9 Å². The highest BCUT2D eigenvalue weighted by atomic mass is 16.1. The maximum atomic E-state index is 12.6. The van der Waals surface area contributed by atoms with Crippen LogP contribution < -0.4 is 5.73 Å². The molecule has 0 bridgehead atoms. The number of allylic oxidation sites excluding steroid dienone is 1. The number of benzene rings is 2. The number of carbonyl (C=O) groups excluding carboxylic acids is 1. The van der Waals surface area contributed by atoms with Crippen LogP contribution in [0, 0.1) is 17.8 Å². The van der Waals surface area contributed by atoms with Gasteiger partial charge >= 0.3 is 0 Å². The first-order valence-corrected chi connectivity index (χ1v) is 9.61. The molecule has 27 heavy (non-hydrogen) atoms. The predicted molar refractivity (Wildman–Crippen MR) is 114 cm³/mol. The van der Waals surface area contributed by atoms with Crippen molar-refractivity contribution in [1.82, 2.24) is 0 Å². The van der Waals surface area contributed by atoms with Crippen molar-refractivity contribution in [2.24, 2.45) is 11.7 Å². The van der Waals surface area contributed by atoms with Crippen LogP contribution in [0.3, 0.4) is 0 Å². The molecule has 0 saturated heterocycles. The molecule has 2 unspecified atom stereocenters. The Kier molecular flexibility index (Phi) is 7.58. The normalized spacial score (nSPS) is 12.6. The van der Waals surface area contributed by atoms with E-state index in [0.717, 1.165) is 29.5 Å². The summed E-state index contributed by atoms with van der Waals surface area (Å²) in [6.45, 7) is 10.2. The molecule has 0 amide bonds. The first-order valence-electron chi connectivity index (χ1n) is 9.61. The average Bonchev–Trinajstić information content (AvgIpc) is 2.69. The Balaban J connectivity index is 2.22. The number of hydrogen-bond acceptors (Lipinski definition) is 2. The summed E-state index contributed by atoms with van der Waals surface area (Å²) in [6, 6.07) is 16.0. The molecule has 0 spiro atoms. The second kappa shape index (κ2) is 9.90. The number of aryl methyl sites for hydroxylation is 1. The van der Waals surface area contributed by atoms with Gasteiger partial charge in [0.2, 0.25) is 0 Å². The number of hydrogen-bond donors (Lipinski definition) is 1.